The number of ether oxygens (including phenoxy) is 3. The second-order valence-corrected chi connectivity index (χ2v) is 32.0. The van der Waals surface area contributed by atoms with Gasteiger partial charge in [0.15, 0.2) is 17.5 Å². The quantitative estimate of drug-likeness (QED) is 0.0580. The third-order valence-corrected chi connectivity index (χ3v) is 17.7. The first-order chi connectivity index (χ1) is 42.1. The van der Waals surface area contributed by atoms with Gasteiger partial charge in [-0.1, -0.05) is 200 Å². The Labute approximate surface area is 546 Å². The molecule has 0 spiro atoms. The van der Waals surface area contributed by atoms with Crippen LogP contribution in [-0.2, 0) is 16.6 Å². The molecule has 0 radical (unpaired) electrons. The molecule has 0 unspecified atom stereocenters. The zero-order chi connectivity index (χ0) is 66.2. The van der Waals surface area contributed by atoms with Gasteiger partial charge in [-0.2, -0.15) is 0 Å². The lowest BCUT2D eigenvalue weighted by molar-refractivity contribution is -0.0943. The second-order valence-electron chi connectivity index (χ2n) is 32.0. The summed E-state index contributed by atoms with van der Waals surface area (Å²) < 4.78 is 18.9. The smallest absolute Gasteiger partial charge is 0.167 e. The molecule has 0 saturated carbocycles. The van der Waals surface area contributed by atoms with Crippen molar-refractivity contribution in [2.75, 3.05) is 26.9 Å². The van der Waals surface area contributed by atoms with Gasteiger partial charge in [0.05, 0.1) is 24.9 Å². The molecule has 0 N–H and O–H groups in total. The molecule has 492 valence electrons. The third-order valence-electron chi connectivity index (χ3n) is 17.7. The summed E-state index contributed by atoms with van der Waals surface area (Å²) in [5.41, 5.74) is 14.4. The van der Waals surface area contributed by atoms with Gasteiger partial charge in [-0.3, -0.25) is 4.90 Å². The van der Waals surface area contributed by atoms with Crippen LogP contribution in [0.5, 0.6) is 11.5 Å². The normalized spacial score (nSPS) is 14.6. The number of unbranched alkanes of at least 4 members (excludes halogenated alkanes) is 6. The molecule has 0 aliphatic carbocycles. The molecule has 5 aromatic carbocycles. The number of hydrogen-bond donors (Lipinski definition) is 0. The minimum absolute atomic E-state index is 0.0477. The van der Waals surface area contributed by atoms with Gasteiger partial charge in [-0.15, -0.1) is 15.0 Å². The lowest BCUT2D eigenvalue weighted by Crippen LogP contribution is -2.60. The van der Waals surface area contributed by atoms with Crippen LogP contribution in [-0.4, -0.2) is 78.9 Å². The summed E-state index contributed by atoms with van der Waals surface area (Å²) in [7, 11) is 2.24. The number of rotatable bonds is 23. The van der Waals surface area contributed by atoms with E-state index in [1.54, 1.807) is 4.80 Å². The molecule has 8 rings (SSSR count). The molecule has 7 aromatic rings. The van der Waals surface area contributed by atoms with Crippen LogP contribution in [0.4, 0.5) is 0 Å². The summed E-state index contributed by atoms with van der Waals surface area (Å²) >= 11 is 0. The van der Waals surface area contributed by atoms with Crippen molar-refractivity contribution in [2.24, 2.45) is 16.2 Å². The molecule has 10 heteroatoms. The minimum atomic E-state index is 0.0477. The van der Waals surface area contributed by atoms with Crippen LogP contribution >= 0.6 is 0 Å². The van der Waals surface area contributed by atoms with Crippen LogP contribution in [0, 0.1) is 43.9 Å². The lowest BCUT2D eigenvalue weighted by atomic mass is 9.78. The highest BCUT2D eigenvalue weighted by atomic mass is 16.5. The highest BCUT2D eigenvalue weighted by Crippen LogP contribution is 2.39. The van der Waals surface area contributed by atoms with Crippen molar-refractivity contribution >= 4 is 11.0 Å². The van der Waals surface area contributed by atoms with E-state index in [1.807, 2.05) is 24.3 Å². The summed E-state index contributed by atoms with van der Waals surface area (Å²) in [5, 5.41) is 9.32. The van der Waals surface area contributed by atoms with Crippen molar-refractivity contribution in [3.8, 4) is 51.3 Å². The monoisotopic (exact) mass is 1230 g/mol. The van der Waals surface area contributed by atoms with E-state index in [4.69, 9.17) is 29.2 Å². The van der Waals surface area contributed by atoms with Gasteiger partial charge < -0.3 is 14.2 Å². The maximum Gasteiger partial charge on any atom is 0.167 e. The first-order valence-corrected chi connectivity index (χ1v) is 34.2. The van der Waals surface area contributed by atoms with Crippen molar-refractivity contribution in [1.82, 2.24) is 34.8 Å². The number of likely N-dealkylation sites (tertiary alicyclic amines) is 1. The molecule has 0 atom stereocenters. The molecule has 3 heterocycles. The van der Waals surface area contributed by atoms with Gasteiger partial charge in [0.1, 0.15) is 28.2 Å². The van der Waals surface area contributed by atoms with Gasteiger partial charge in [-0.25, -0.2) is 15.0 Å². The molecule has 1 aliphatic heterocycles. The van der Waals surface area contributed by atoms with Crippen LogP contribution in [0.2, 0.25) is 0 Å². The van der Waals surface area contributed by atoms with E-state index in [2.05, 4.69) is 240 Å². The lowest BCUT2D eigenvalue weighted by Gasteiger charge is -2.53. The average Bonchev–Trinajstić information content (AvgIpc) is 1.15. The number of hydrogen-bond acceptors (Lipinski definition) is 9. The Balaban J connectivity index is 0.000000241. The van der Waals surface area contributed by atoms with Gasteiger partial charge in [0, 0.05) is 28.8 Å². The number of benzene rings is 5. The molecule has 1 fully saturated rings. The van der Waals surface area contributed by atoms with Crippen molar-refractivity contribution in [3.63, 3.8) is 0 Å². The van der Waals surface area contributed by atoms with E-state index < -0.39 is 0 Å². The molecule has 0 bridgehead atoms. The largest absolute Gasteiger partial charge is 0.493 e. The molecule has 90 heavy (non-hydrogen) atoms. The average molecular weight is 1230 g/mol. The van der Waals surface area contributed by atoms with Crippen LogP contribution in [0.1, 0.15) is 241 Å². The molecular weight excluding hydrogens is 1110 g/mol. The number of fused-ring (bicyclic) bond motifs is 1. The fraction of sp³-hybridized carbons (Fsp3) is 0.588. The van der Waals surface area contributed by atoms with Crippen LogP contribution in [0.15, 0.2) is 97.1 Å². The first-order valence-electron chi connectivity index (χ1n) is 34.2. The number of aromatic nitrogens is 6. The Morgan fingerprint density at radius 3 is 1.43 bits per heavy atom. The molecule has 2 aromatic heterocycles. The highest BCUT2D eigenvalue weighted by molar-refractivity contribution is 5.74. The van der Waals surface area contributed by atoms with E-state index in [1.165, 1.54) is 67.2 Å². The van der Waals surface area contributed by atoms with E-state index in [9.17, 15) is 0 Å². The Morgan fingerprint density at radius 1 is 0.489 bits per heavy atom. The maximum atomic E-state index is 6.57. The van der Waals surface area contributed by atoms with Crippen molar-refractivity contribution in [3.05, 3.63) is 130 Å². The molecule has 10 nitrogen and oxygen atoms in total. The Morgan fingerprint density at radius 2 is 0.956 bits per heavy atom. The topological polar surface area (TPSA) is 100 Å². The zero-order valence-corrected chi connectivity index (χ0v) is 60.4. The van der Waals surface area contributed by atoms with Crippen molar-refractivity contribution in [1.29, 1.82) is 0 Å². The summed E-state index contributed by atoms with van der Waals surface area (Å²) in [6.07, 6.45) is 18.3. The Bertz CT molecular complexity index is 3240. The fourth-order valence-corrected chi connectivity index (χ4v) is 11.9. The summed E-state index contributed by atoms with van der Waals surface area (Å²) in [6, 6.07) is 33.8. The zero-order valence-electron chi connectivity index (χ0n) is 60.4. The first kappa shape index (κ1) is 73.1. The van der Waals surface area contributed by atoms with E-state index >= 15 is 0 Å². The van der Waals surface area contributed by atoms with Gasteiger partial charge in [0.2, 0.25) is 0 Å². The van der Waals surface area contributed by atoms with Crippen LogP contribution < -0.4 is 9.47 Å². The van der Waals surface area contributed by atoms with Crippen LogP contribution in [0.25, 0.3) is 50.9 Å². The van der Waals surface area contributed by atoms with E-state index in [0.717, 1.165) is 114 Å². The van der Waals surface area contributed by atoms with Crippen molar-refractivity contribution < 1.29 is 14.2 Å². The number of piperidine rings is 1. The maximum absolute atomic E-state index is 6.57. The fourth-order valence-electron chi connectivity index (χ4n) is 11.9. The second kappa shape index (κ2) is 32.1. The van der Waals surface area contributed by atoms with Crippen molar-refractivity contribution in [2.45, 2.75) is 264 Å². The third kappa shape index (κ3) is 23.0. The van der Waals surface area contributed by atoms with Crippen LogP contribution in [0.3, 0.4) is 0 Å². The Kier molecular flexibility index (Phi) is 26.0. The molecule has 0 amide bonds. The molecule has 1 aliphatic rings. The number of aryl methyl sites for hydroxylation is 5. The van der Waals surface area contributed by atoms with Gasteiger partial charge in [0.25, 0.3) is 0 Å². The minimum Gasteiger partial charge on any atom is -0.493 e. The summed E-state index contributed by atoms with van der Waals surface area (Å²) in [4.78, 5) is 19.5. The summed E-state index contributed by atoms with van der Waals surface area (Å²) in [5.74, 6) is 3.74. The predicted octanol–water partition coefficient (Wildman–Crippen LogP) is 21.6. The van der Waals surface area contributed by atoms with Gasteiger partial charge >= 0.3 is 0 Å². The standard InChI is InChI=1S/C41H55N3O.C23H31N3O.C16H33NO/c1-9-10-11-12-13-14-15-17-33-20-23-36(37(28-33)45-25-16-24-41(6,7)8)40-43-38(34-21-18-29(2)26-31(34)4)42-39(44-40)35-22-19-30(3)27-32(35)5;1-22(2,3)14-9-15-27-21-13-12-17(23(4,5)6)16-20(21)26-24-18-10-7-8-11-19(18)25-26;1-14(2,3)9-10-18-13-11-15(4,5)17(8)16(6,7)12-13/h18-23,26-28H,9-17,24-25H2,1-8H3;7-8,10-13,16H,9,14-15H2,1-6H3;13H,9-12H2,1-8H3. The van der Waals surface area contributed by atoms with Gasteiger partial charge in [-0.05, 0) is 201 Å². The Hall–Kier alpha value is -5.97. The molecular formula is C80H119N7O3. The number of nitrogens with zero attached hydrogens (tertiary/aromatic N) is 7. The summed E-state index contributed by atoms with van der Waals surface area (Å²) in [6.45, 7) is 49.4. The SMILES string of the molecule is CC(C)(C)CCCOc1ccc(C(C)(C)C)cc1-n1nc2ccccc2n1.CCCCCCCCCc1ccc(-c2nc(-c3ccc(C)cc3C)nc(-c3ccc(C)cc3C)n2)c(OCCCC(C)(C)C)c1.CN1C(C)(C)CC(OCCC(C)(C)C)CC1(C)C. The molecule has 1 saturated heterocycles. The van der Waals surface area contributed by atoms with E-state index in [-0.39, 0.29) is 21.9 Å². The van der Waals surface area contributed by atoms with E-state index in [0.29, 0.717) is 47.6 Å². The highest BCUT2D eigenvalue weighted by Gasteiger charge is 2.43. The predicted molar refractivity (Wildman–Crippen MR) is 382 cm³/mol.